The maximum absolute atomic E-state index is 2.33. The summed E-state index contributed by atoms with van der Waals surface area (Å²) in [4.78, 5) is 2.33. The van der Waals surface area contributed by atoms with Crippen LogP contribution in [-0.4, -0.2) is 17.5 Å². The topological polar surface area (TPSA) is 3.24 Å². The van der Waals surface area contributed by atoms with Crippen molar-refractivity contribution < 1.29 is 20.4 Å². The molecule has 1 rings (SSSR count). The molecular weight excluding hydrogens is 194 g/mol. The standard InChI is InChI=1S/C10H17N.CH3.Ti/c1-10(2,3)11(4)9-7-5-6-8-9;;/h5-7H,8H2,1-4H3;1H3;. The third-order valence-corrected chi connectivity index (χ3v) is 2.19. The van der Waals surface area contributed by atoms with Crippen LogP contribution in [0.4, 0.5) is 0 Å². The second-order valence-corrected chi connectivity index (χ2v) is 4.02. The summed E-state index contributed by atoms with van der Waals surface area (Å²) >= 11 is 2.00. The summed E-state index contributed by atoms with van der Waals surface area (Å²) in [5.41, 5.74) is 1.66. The molecule has 0 unspecified atom stereocenters. The molecule has 13 heavy (non-hydrogen) atoms. The van der Waals surface area contributed by atoms with Gasteiger partial charge in [-0.05, 0) is 26.8 Å². The normalized spacial score (nSPS) is 14.6. The van der Waals surface area contributed by atoms with Crippen LogP contribution < -0.4 is 0 Å². The molecule has 0 aromatic rings. The average Bonchev–Trinajstić information content (AvgIpc) is 2.57. The zero-order valence-electron chi connectivity index (χ0n) is 9.39. The summed E-state index contributed by atoms with van der Waals surface area (Å²) in [5.74, 6) is 0. The van der Waals surface area contributed by atoms with E-state index in [9.17, 15) is 0 Å². The Morgan fingerprint density at radius 1 is 1.31 bits per heavy atom. The first-order valence-electron chi connectivity index (χ1n) is 4.61. The minimum absolute atomic E-state index is 0.248. The summed E-state index contributed by atoms with van der Waals surface area (Å²) in [6.07, 6.45) is 7.59. The second kappa shape index (κ2) is 5.67. The molecule has 1 aliphatic carbocycles. The van der Waals surface area contributed by atoms with Crippen molar-refractivity contribution >= 4 is 0 Å². The molecule has 1 aliphatic rings. The number of hydrogen-bond acceptors (Lipinski definition) is 1. The minimum atomic E-state index is 0.248. The molecule has 2 heteroatoms. The van der Waals surface area contributed by atoms with E-state index in [0.717, 1.165) is 6.42 Å². The molecule has 0 heterocycles. The number of nitrogens with zero attached hydrogens (tertiary/aromatic N) is 1. The van der Waals surface area contributed by atoms with E-state index in [0.29, 0.717) is 0 Å². The van der Waals surface area contributed by atoms with Gasteiger partial charge in [-0.25, -0.2) is 0 Å². The van der Waals surface area contributed by atoms with Crippen LogP contribution in [0.1, 0.15) is 27.2 Å². The van der Waals surface area contributed by atoms with Crippen LogP contribution in [-0.2, 0) is 20.4 Å². The van der Waals surface area contributed by atoms with Crippen molar-refractivity contribution in [3.63, 3.8) is 0 Å². The van der Waals surface area contributed by atoms with E-state index in [1.54, 1.807) is 0 Å². The van der Waals surface area contributed by atoms with Crippen LogP contribution >= 0.6 is 0 Å². The Balaban J connectivity index is 0.000000671. The first-order chi connectivity index (χ1) is 6.02. The molecule has 0 aromatic heterocycles. The van der Waals surface area contributed by atoms with Gasteiger partial charge in [0.15, 0.2) is 0 Å². The Kier molecular flexibility index (Phi) is 5.66. The van der Waals surface area contributed by atoms with Crippen molar-refractivity contribution in [1.82, 2.24) is 4.90 Å². The van der Waals surface area contributed by atoms with Gasteiger partial charge < -0.3 is 4.90 Å². The molecule has 0 aliphatic heterocycles. The third-order valence-electron chi connectivity index (χ3n) is 2.19. The van der Waals surface area contributed by atoms with Crippen molar-refractivity contribution in [2.45, 2.75) is 38.0 Å². The van der Waals surface area contributed by atoms with E-state index in [1.165, 1.54) is 5.70 Å². The number of allylic oxidation sites excluding steroid dienone is 3. The molecule has 0 aromatic carbocycles. The van der Waals surface area contributed by atoms with Gasteiger partial charge in [-0.2, -0.15) is 0 Å². The Labute approximate surface area is 94.3 Å². The van der Waals surface area contributed by atoms with Crippen LogP contribution in [0.3, 0.4) is 0 Å². The van der Waals surface area contributed by atoms with Crippen molar-refractivity contribution in [2.75, 3.05) is 7.05 Å². The van der Waals surface area contributed by atoms with Gasteiger partial charge in [0.2, 0.25) is 0 Å². The summed E-state index contributed by atoms with van der Waals surface area (Å²) in [5, 5.41) is 2.00. The predicted molar refractivity (Wildman–Crippen MR) is 55.2 cm³/mol. The van der Waals surface area contributed by atoms with Gasteiger partial charge in [0.1, 0.15) is 0 Å². The van der Waals surface area contributed by atoms with Crippen molar-refractivity contribution in [1.29, 1.82) is 0 Å². The molecule has 0 fully saturated rings. The Bertz CT molecular complexity index is 199. The Morgan fingerprint density at radius 2 is 1.85 bits per heavy atom. The van der Waals surface area contributed by atoms with Crippen LogP contribution in [0.5, 0.6) is 0 Å². The van der Waals surface area contributed by atoms with E-state index < -0.39 is 0 Å². The van der Waals surface area contributed by atoms with Gasteiger partial charge in [-0.15, -0.1) is 0 Å². The van der Waals surface area contributed by atoms with E-state index in [2.05, 4.69) is 50.9 Å². The first kappa shape index (κ1) is 13.0. The summed E-state index contributed by atoms with van der Waals surface area (Å²) in [6, 6.07) is 0. The van der Waals surface area contributed by atoms with Gasteiger partial charge >= 0.3 is 25.7 Å². The molecule has 0 spiro atoms. The van der Waals surface area contributed by atoms with E-state index in [1.807, 2.05) is 25.7 Å². The van der Waals surface area contributed by atoms with Gasteiger partial charge in [0.25, 0.3) is 0 Å². The van der Waals surface area contributed by atoms with Crippen LogP contribution in [0.25, 0.3) is 0 Å². The maximum atomic E-state index is 2.33. The molecule has 0 N–H and O–H groups in total. The van der Waals surface area contributed by atoms with Gasteiger partial charge in [-0.1, -0.05) is 12.2 Å². The van der Waals surface area contributed by atoms with E-state index in [-0.39, 0.29) is 5.54 Å². The summed E-state index contributed by atoms with van der Waals surface area (Å²) in [7, 11) is 2.15. The molecule has 0 radical (unpaired) electrons. The zero-order valence-corrected chi connectivity index (χ0v) is 10.9. The Hall–Kier alpha value is -0.00571. The predicted octanol–water partition coefficient (Wildman–Crippen LogP) is 3.14. The van der Waals surface area contributed by atoms with Crippen molar-refractivity contribution in [3.05, 3.63) is 23.9 Å². The van der Waals surface area contributed by atoms with Gasteiger partial charge in [-0.3, -0.25) is 0 Å². The zero-order chi connectivity index (χ0) is 10.5. The third kappa shape index (κ3) is 4.15. The van der Waals surface area contributed by atoms with Crippen molar-refractivity contribution in [2.24, 2.45) is 0 Å². The SMILES string of the molecule is CN(C1=CC=CC1)C(C)(C)C.[CH3][Ti]. The monoisotopic (exact) mass is 214 g/mol. The van der Waals surface area contributed by atoms with Crippen LogP contribution in [0, 0.1) is 0 Å². The molecule has 73 valence electrons. The molecule has 0 saturated heterocycles. The number of hydrogen-bond donors (Lipinski definition) is 0. The molecule has 0 saturated carbocycles. The fourth-order valence-electron chi connectivity index (χ4n) is 1.12. The average molecular weight is 214 g/mol. The molecule has 1 nitrogen and oxygen atoms in total. The second-order valence-electron chi connectivity index (χ2n) is 4.02. The van der Waals surface area contributed by atoms with Crippen LogP contribution in [0.15, 0.2) is 23.9 Å². The van der Waals surface area contributed by atoms with Crippen LogP contribution in [0.2, 0.25) is 5.23 Å². The fourth-order valence-corrected chi connectivity index (χ4v) is 1.12. The van der Waals surface area contributed by atoms with Gasteiger partial charge in [0, 0.05) is 24.7 Å². The summed E-state index contributed by atoms with van der Waals surface area (Å²) in [6.45, 7) is 6.68. The van der Waals surface area contributed by atoms with E-state index >= 15 is 0 Å². The molecular formula is C11H20NTi. The van der Waals surface area contributed by atoms with Crippen molar-refractivity contribution in [3.8, 4) is 0 Å². The molecule has 0 bridgehead atoms. The summed E-state index contributed by atoms with van der Waals surface area (Å²) < 4.78 is 0. The van der Waals surface area contributed by atoms with Gasteiger partial charge in [0.05, 0.1) is 0 Å². The molecule has 0 atom stereocenters. The molecule has 0 amide bonds. The number of rotatable bonds is 1. The first-order valence-corrected chi connectivity index (χ1v) is 6.17. The fraction of sp³-hybridized carbons (Fsp3) is 0.636. The Morgan fingerprint density at radius 3 is 2.15 bits per heavy atom. The van der Waals surface area contributed by atoms with E-state index in [4.69, 9.17) is 0 Å². The quantitative estimate of drug-likeness (QED) is 0.606.